The third-order valence-corrected chi connectivity index (χ3v) is 13.0. The Morgan fingerprint density at radius 2 is 1.15 bits per heavy atom. The summed E-state index contributed by atoms with van der Waals surface area (Å²) in [4.78, 5) is 20.8. The maximum atomic E-state index is 11.7. The molecule has 0 aliphatic heterocycles. The zero-order valence-electron chi connectivity index (χ0n) is 40.4. The molecule has 0 bridgehead atoms. The predicted octanol–water partition coefficient (Wildman–Crippen LogP) is 15.8. The van der Waals surface area contributed by atoms with Gasteiger partial charge in [-0.1, -0.05) is 117 Å². The van der Waals surface area contributed by atoms with Crippen molar-refractivity contribution in [3.8, 4) is 22.5 Å². The Balaban J connectivity index is 0.000000186. The van der Waals surface area contributed by atoms with Crippen LogP contribution in [0.2, 0.25) is 0 Å². The van der Waals surface area contributed by atoms with E-state index in [1.54, 1.807) is 0 Å². The number of hydrogen-bond donors (Lipinski definition) is 1. The normalized spacial score (nSPS) is 14.9. The van der Waals surface area contributed by atoms with Crippen LogP contribution in [0.5, 0.6) is 0 Å². The molecule has 5 heteroatoms. The van der Waals surface area contributed by atoms with Gasteiger partial charge in [0.05, 0.1) is 8.50 Å². The molecular weight excluding hydrogens is 937 g/mol. The number of pyridine rings is 2. The number of benzene rings is 4. The molecule has 0 amide bonds. The van der Waals surface area contributed by atoms with Crippen LogP contribution in [0, 0.1) is 51.7 Å². The number of carbonyl (C=O) groups excluding carboxylic acids is 1. The summed E-state index contributed by atoms with van der Waals surface area (Å²) in [6.45, 7) is 16.4. The Kier molecular flexibility index (Phi) is 17.1. The number of carbonyl (C=O) groups is 1. The third-order valence-electron chi connectivity index (χ3n) is 13.0. The minimum atomic E-state index is 0. The van der Waals surface area contributed by atoms with Crippen molar-refractivity contribution in [2.75, 3.05) is 0 Å². The van der Waals surface area contributed by atoms with Gasteiger partial charge in [0.2, 0.25) is 0 Å². The van der Waals surface area contributed by atoms with E-state index < -0.39 is 0 Å². The number of aliphatic hydroxyl groups excluding tert-OH is 1. The molecule has 0 unspecified atom stereocenters. The van der Waals surface area contributed by atoms with Gasteiger partial charge < -0.3 is 15.1 Å². The number of fused-ring (bicyclic) bond motifs is 2. The summed E-state index contributed by atoms with van der Waals surface area (Å²) >= 11 is 0. The zero-order valence-corrected chi connectivity index (χ0v) is 40.8. The predicted molar refractivity (Wildman–Crippen MR) is 257 cm³/mol. The SMILES string of the molecule is CCC(CC)C(=O)/C=C(\O)C(CC)CC.Cc1[c-]c(-c2nccc3cc(C4CCCC4)ccc23)cc(C)c1.[2H]c1nc(-c2[c-]c(C)cc(C)c2)c2ccc(C3CCCC3)cc2c1[2H].[Ir]. The van der Waals surface area contributed by atoms with Gasteiger partial charge in [-0.3, -0.25) is 4.79 Å². The van der Waals surface area contributed by atoms with E-state index in [2.05, 4.69) is 110 Å². The fourth-order valence-electron chi connectivity index (χ4n) is 9.54. The molecule has 8 rings (SSSR count). The monoisotopic (exact) mass is 1010 g/mol. The van der Waals surface area contributed by atoms with Crippen LogP contribution in [0.15, 0.2) is 97.0 Å². The number of aliphatic hydroxyl groups is 1. The smallest absolute Gasteiger partial charge is 0.162 e. The number of rotatable bonds is 11. The Labute approximate surface area is 389 Å². The fraction of sp³-hybridized carbons (Fsp3) is 0.421. The summed E-state index contributed by atoms with van der Waals surface area (Å²) in [6, 6.07) is 31.0. The number of nitrogens with zero attached hydrogens (tertiary/aromatic N) is 2. The van der Waals surface area contributed by atoms with Gasteiger partial charge in [-0.2, -0.15) is 0 Å². The minimum Gasteiger partial charge on any atom is -0.512 e. The van der Waals surface area contributed by atoms with Crippen molar-refractivity contribution >= 4 is 27.3 Å². The summed E-state index contributed by atoms with van der Waals surface area (Å²) in [5, 5.41) is 14.1. The van der Waals surface area contributed by atoms with E-state index in [0.717, 1.165) is 76.0 Å². The molecule has 2 aliphatic carbocycles. The first kappa shape index (κ1) is 45.6. The standard InChI is InChI=1S/2C22H22N.C13H24O2.Ir/c2*1-15-11-16(2)13-20(12-15)22-21-8-7-18(17-5-3-4-6-17)14-19(21)9-10-23-22;1-5-10(6-2)12(14)9-13(15)11(7-3)8-4;/h2*7-12,14,17H,3-6H2,1-2H3;9-11,14H,5-8H2,1-4H3;/q2*-1;;/b;;12-9-;/i9D,10D;;;. The largest absolute Gasteiger partial charge is 0.512 e. The molecule has 6 aromatic rings. The van der Waals surface area contributed by atoms with Crippen LogP contribution in [0.3, 0.4) is 0 Å². The van der Waals surface area contributed by atoms with Crippen molar-refractivity contribution in [1.29, 1.82) is 0 Å². The average Bonchev–Trinajstić information content (AvgIpc) is 4.02. The zero-order chi connectivity index (χ0) is 45.2. The van der Waals surface area contributed by atoms with Crippen LogP contribution in [-0.4, -0.2) is 20.9 Å². The summed E-state index contributed by atoms with van der Waals surface area (Å²) in [5.74, 6) is 1.90. The van der Waals surface area contributed by atoms with E-state index in [1.807, 2.05) is 40.8 Å². The molecule has 2 heterocycles. The van der Waals surface area contributed by atoms with Gasteiger partial charge in [0.25, 0.3) is 0 Å². The molecule has 0 spiro atoms. The average molecular weight is 1010 g/mol. The van der Waals surface area contributed by atoms with Crippen LogP contribution in [0.4, 0.5) is 0 Å². The summed E-state index contributed by atoms with van der Waals surface area (Å²) < 4.78 is 16.5. The van der Waals surface area contributed by atoms with Gasteiger partial charge >= 0.3 is 0 Å². The first-order valence-electron chi connectivity index (χ1n) is 24.1. The van der Waals surface area contributed by atoms with E-state index in [0.29, 0.717) is 5.92 Å². The topological polar surface area (TPSA) is 63.1 Å². The van der Waals surface area contributed by atoms with E-state index in [-0.39, 0.29) is 55.7 Å². The van der Waals surface area contributed by atoms with E-state index in [4.69, 9.17) is 2.74 Å². The summed E-state index contributed by atoms with van der Waals surface area (Å²) in [6.07, 6.45) is 17.4. The summed E-state index contributed by atoms with van der Waals surface area (Å²) in [5.41, 5.74) is 11.3. The van der Waals surface area contributed by atoms with E-state index in [9.17, 15) is 9.90 Å². The molecule has 2 fully saturated rings. The summed E-state index contributed by atoms with van der Waals surface area (Å²) in [7, 11) is 0. The number of allylic oxidation sites excluding steroid dienone is 2. The van der Waals surface area contributed by atoms with Gasteiger partial charge in [-0.15, -0.1) is 69.8 Å². The third kappa shape index (κ3) is 12.4. The molecule has 1 N–H and O–H groups in total. The molecule has 62 heavy (non-hydrogen) atoms. The van der Waals surface area contributed by atoms with Crippen molar-refractivity contribution in [1.82, 2.24) is 9.97 Å². The van der Waals surface area contributed by atoms with E-state index in [1.165, 1.54) is 90.5 Å². The van der Waals surface area contributed by atoms with Crippen molar-refractivity contribution < 1.29 is 32.7 Å². The second kappa shape index (κ2) is 23.3. The molecule has 329 valence electrons. The first-order valence-corrected chi connectivity index (χ1v) is 23.1. The van der Waals surface area contributed by atoms with Gasteiger partial charge in [0, 0.05) is 50.4 Å². The van der Waals surface area contributed by atoms with Crippen molar-refractivity contribution in [2.24, 2.45) is 11.8 Å². The van der Waals surface area contributed by atoms with Crippen LogP contribution in [-0.2, 0) is 24.9 Å². The number of ketones is 1. The van der Waals surface area contributed by atoms with Crippen LogP contribution >= 0.6 is 0 Å². The Morgan fingerprint density at radius 1 is 0.677 bits per heavy atom. The van der Waals surface area contributed by atoms with Crippen LogP contribution in [0.25, 0.3) is 44.1 Å². The van der Waals surface area contributed by atoms with Crippen LogP contribution < -0.4 is 0 Å². The van der Waals surface area contributed by atoms with Crippen molar-refractivity contribution in [3.63, 3.8) is 0 Å². The fourth-order valence-corrected chi connectivity index (χ4v) is 9.54. The number of aryl methyl sites for hydroxylation is 4. The second-order valence-corrected chi connectivity index (χ2v) is 17.6. The van der Waals surface area contributed by atoms with Gasteiger partial charge in [-0.05, 0) is 119 Å². The second-order valence-electron chi connectivity index (χ2n) is 17.6. The van der Waals surface area contributed by atoms with E-state index >= 15 is 0 Å². The Hall–Kier alpha value is -4.44. The minimum absolute atomic E-state index is 0. The first-order chi connectivity index (χ1) is 30.3. The van der Waals surface area contributed by atoms with Crippen molar-refractivity contribution in [2.45, 2.75) is 144 Å². The molecule has 0 atom stereocenters. The number of aromatic nitrogens is 2. The van der Waals surface area contributed by atoms with Crippen LogP contribution in [0.1, 0.15) is 153 Å². The van der Waals surface area contributed by atoms with Gasteiger partial charge in [0.15, 0.2) is 5.78 Å². The molecule has 2 aromatic heterocycles. The molecule has 4 nitrogen and oxygen atoms in total. The maximum Gasteiger partial charge on any atom is 0.162 e. The van der Waals surface area contributed by atoms with Gasteiger partial charge in [-0.25, -0.2) is 0 Å². The number of hydrogen-bond acceptors (Lipinski definition) is 4. The molecule has 2 aliphatic rings. The Morgan fingerprint density at radius 3 is 1.63 bits per heavy atom. The molecule has 1 radical (unpaired) electrons. The molecular formula is C57H68IrN2O2-2. The molecule has 0 saturated heterocycles. The maximum absolute atomic E-state index is 11.7. The molecule has 4 aromatic carbocycles. The van der Waals surface area contributed by atoms with Gasteiger partial charge in [0.1, 0.15) is 0 Å². The quantitative estimate of drug-likeness (QED) is 0.0798. The molecule has 2 saturated carbocycles. The van der Waals surface area contributed by atoms with Crippen molar-refractivity contribution in [3.05, 3.63) is 142 Å². The Bertz CT molecular complexity index is 2510.